The number of aromatic nitrogens is 1. The molecule has 0 bridgehead atoms. The van der Waals surface area contributed by atoms with E-state index in [1.54, 1.807) is 10.6 Å². The van der Waals surface area contributed by atoms with E-state index in [4.69, 9.17) is 11.6 Å². The fraction of sp³-hybridized carbons (Fsp3) is 0.455. The Bertz CT molecular complexity index is 435. The van der Waals surface area contributed by atoms with E-state index in [2.05, 4.69) is 0 Å². The standard InChI is InChI=1S/C11H14ClNO2/c1-7(2)13-8(3)4-5-9(11(13)15)6-10(12)14/h4-5,7H,6H2,1-3H3. The number of rotatable bonds is 3. The third-order valence-corrected chi connectivity index (χ3v) is 2.38. The highest BCUT2D eigenvalue weighted by atomic mass is 35.5. The lowest BCUT2D eigenvalue weighted by Crippen LogP contribution is -2.27. The van der Waals surface area contributed by atoms with Crippen molar-refractivity contribution >= 4 is 16.8 Å². The van der Waals surface area contributed by atoms with Crippen molar-refractivity contribution in [1.29, 1.82) is 0 Å². The van der Waals surface area contributed by atoms with Crippen molar-refractivity contribution in [3.8, 4) is 0 Å². The van der Waals surface area contributed by atoms with E-state index in [1.165, 1.54) is 0 Å². The van der Waals surface area contributed by atoms with Crippen LogP contribution < -0.4 is 5.56 Å². The highest BCUT2D eigenvalue weighted by Gasteiger charge is 2.10. The van der Waals surface area contributed by atoms with Gasteiger partial charge in [-0.15, -0.1) is 0 Å². The fourth-order valence-corrected chi connectivity index (χ4v) is 1.76. The number of hydrogen-bond donors (Lipinski definition) is 0. The van der Waals surface area contributed by atoms with Gasteiger partial charge in [0.2, 0.25) is 5.24 Å². The van der Waals surface area contributed by atoms with Crippen LogP contribution in [-0.4, -0.2) is 9.81 Å². The summed E-state index contributed by atoms with van der Waals surface area (Å²) in [5.41, 5.74) is 1.22. The molecule has 0 unspecified atom stereocenters. The lowest BCUT2D eigenvalue weighted by atomic mass is 10.2. The van der Waals surface area contributed by atoms with Crippen molar-refractivity contribution in [2.45, 2.75) is 33.2 Å². The molecule has 15 heavy (non-hydrogen) atoms. The summed E-state index contributed by atoms with van der Waals surface area (Å²) in [7, 11) is 0. The van der Waals surface area contributed by atoms with Gasteiger partial charge in [0.1, 0.15) is 0 Å². The second-order valence-electron chi connectivity index (χ2n) is 3.80. The molecule has 3 nitrogen and oxygen atoms in total. The maximum atomic E-state index is 11.9. The molecule has 0 aliphatic rings. The number of halogens is 1. The van der Waals surface area contributed by atoms with Gasteiger partial charge in [-0.05, 0) is 38.4 Å². The SMILES string of the molecule is Cc1ccc(CC(=O)Cl)c(=O)n1C(C)C. The van der Waals surface area contributed by atoms with Crippen LogP contribution in [0.4, 0.5) is 0 Å². The molecule has 0 N–H and O–H groups in total. The molecule has 82 valence electrons. The number of carbonyl (C=O) groups excluding carboxylic acids is 1. The maximum Gasteiger partial charge on any atom is 0.254 e. The molecule has 4 heteroatoms. The van der Waals surface area contributed by atoms with Gasteiger partial charge in [-0.3, -0.25) is 9.59 Å². The van der Waals surface area contributed by atoms with Gasteiger partial charge in [-0.25, -0.2) is 0 Å². The van der Waals surface area contributed by atoms with Crippen LogP contribution in [-0.2, 0) is 11.2 Å². The molecular weight excluding hydrogens is 214 g/mol. The highest BCUT2D eigenvalue weighted by Crippen LogP contribution is 2.07. The third kappa shape index (κ3) is 2.69. The molecule has 0 atom stereocenters. The Balaban J connectivity index is 3.29. The van der Waals surface area contributed by atoms with Gasteiger partial charge in [0, 0.05) is 17.3 Å². The normalized spacial score (nSPS) is 10.7. The molecule has 1 heterocycles. The second-order valence-corrected chi connectivity index (χ2v) is 4.22. The van der Waals surface area contributed by atoms with E-state index in [9.17, 15) is 9.59 Å². The van der Waals surface area contributed by atoms with Crippen LogP contribution in [0.25, 0.3) is 0 Å². The summed E-state index contributed by atoms with van der Waals surface area (Å²) >= 11 is 5.27. The quantitative estimate of drug-likeness (QED) is 0.742. The van der Waals surface area contributed by atoms with Gasteiger partial charge < -0.3 is 4.57 Å². The molecule has 0 aliphatic carbocycles. The van der Waals surface area contributed by atoms with Gasteiger partial charge in [0.25, 0.3) is 5.56 Å². The van der Waals surface area contributed by atoms with E-state index in [-0.39, 0.29) is 18.0 Å². The minimum absolute atomic E-state index is 0.00656. The van der Waals surface area contributed by atoms with Crippen molar-refractivity contribution in [2.24, 2.45) is 0 Å². The molecular formula is C11H14ClNO2. The summed E-state index contributed by atoms with van der Waals surface area (Å²) in [6.07, 6.45) is -0.00656. The van der Waals surface area contributed by atoms with Gasteiger partial charge in [-0.1, -0.05) is 6.07 Å². The first-order chi connectivity index (χ1) is 6.93. The van der Waals surface area contributed by atoms with E-state index < -0.39 is 5.24 Å². The summed E-state index contributed by atoms with van der Waals surface area (Å²) in [6.45, 7) is 5.73. The molecule has 1 aromatic heterocycles. The molecule has 0 spiro atoms. The summed E-state index contributed by atoms with van der Waals surface area (Å²) in [5, 5.41) is -0.508. The number of nitrogens with zero attached hydrogens (tertiary/aromatic N) is 1. The molecule has 1 aromatic rings. The second kappa shape index (κ2) is 4.62. The summed E-state index contributed by atoms with van der Waals surface area (Å²) in [6, 6.07) is 3.58. The number of hydrogen-bond acceptors (Lipinski definition) is 2. The highest BCUT2D eigenvalue weighted by molar-refractivity contribution is 6.63. The van der Waals surface area contributed by atoms with Gasteiger partial charge in [-0.2, -0.15) is 0 Å². The first-order valence-corrected chi connectivity index (χ1v) is 5.20. The zero-order valence-electron chi connectivity index (χ0n) is 9.08. The van der Waals surface area contributed by atoms with Gasteiger partial charge in [0.15, 0.2) is 0 Å². The number of carbonyl (C=O) groups is 1. The van der Waals surface area contributed by atoms with Crippen LogP contribution in [0.2, 0.25) is 0 Å². The smallest absolute Gasteiger partial charge is 0.254 e. The molecule has 0 fully saturated rings. The predicted octanol–water partition coefficient (Wildman–Crippen LogP) is 2.05. The zero-order chi connectivity index (χ0) is 11.6. The average molecular weight is 228 g/mol. The minimum atomic E-state index is -0.508. The van der Waals surface area contributed by atoms with Crippen molar-refractivity contribution in [3.63, 3.8) is 0 Å². The molecule has 0 saturated carbocycles. The lowest BCUT2D eigenvalue weighted by Gasteiger charge is -2.14. The summed E-state index contributed by atoms with van der Waals surface area (Å²) in [5.74, 6) is 0. The van der Waals surface area contributed by atoms with Crippen molar-refractivity contribution in [3.05, 3.63) is 33.7 Å². The number of aryl methyl sites for hydroxylation is 1. The maximum absolute atomic E-state index is 11.9. The molecule has 0 radical (unpaired) electrons. The first-order valence-electron chi connectivity index (χ1n) is 4.83. The third-order valence-electron chi connectivity index (χ3n) is 2.25. The van der Waals surface area contributed by atoms with E-state index in [0.29, 0.717) is 5.56 Å². The summed E-state index contributed by atoms with van der Waals surface area (Å²) in [4.78, 5) is 22.7. The molecule has 0 aliphatic heterocycles. The minimum Gasteiger partial charge on any atom is -0.310 e. The van der Waals surface area contributed by atoms with Gasteiger partial charge >= 0.3 is 0 Å². The lowest BCUT2D eigenvalue weighted by molar-refractivity contribution is -0.111. The Morgan fingerprint density at radius 2 is 2.07 bits per heavy atom. The predicted molar refractivity (Wildman–Crippen MR) is 60.4 cm³/mol. The van der Waals surface area contributed by atoms with Crippen molar-refractivity contribution in [1.82, 2.24) is 4.57 Å². The topological polar surface area (TPSA) is 39.1 Å². The Labute approximate surface area is 93.7 Å². The fourth-order valence-electron chi connectivity index (χ4n) is 1.61. The molecule has 0 amide bonds. The monoisotopic (exact) mass is 227 g/mol. The Morgan fingerprint density at radius 1 is 1.47 bits per heavy atom. The van der Waals surface area contributed by atoms with Crippen LogP contribution in [0, 0.1) is 6.92 Å². The van der Waals surface area contributed by atoms with Gasteiger partial charge in [0.05, 0.1) is 6.42 Å². The Hall–Kier alpha value is -1.09. The Morgan fingerprint density at radius 3 is 2.53 bits per heavy atom. The largest absolute Gasteiger partial charge is 0.310 e. The van der Waals surface area contributed by atoms with E-state index in [0.717, 1.165) is 5.69 Å². The van der Waals surface area contributed by atoms with E-state index in [1.807, 2.05) is 26.8 Å². The van der Waals surface area contributed by atoms with Crippen molar-refractivity contribution in [2.75, 3.05) is 0 Å². The Kier molecular flexibility index (Phi) is 3.69. The van der Waals surface area contributed by atoms with Crippen LogP contribution in [0.1, 0.15) is 31.1 Å². The average Bonchev–Trinajstić information content (AvgIpc) is 2.09. The van der Waals surface area contributed by atoms with Crippen molar-refractivity contribution < 1.29 is 4.79 Å². The van der Waals surface area contributed by atoms with Crippen LogP contribution in [0.3, 0.4) is 0 Å². The molecule has 1 rings (SSSR count). The van der Waals surface area contributed by atoms with E-state index >= 15 is 0 Å². The zero-order valence-corrected chi connectivity index (χ0v) is 9.84. The van der Waals surface area contributed by atoms with Crippen LogP contribution in [0.15, 0.2) is 16.9 Å². The first kappa shape index (κ1) is 12.0. The number of pyridine rings is 1. The van der Waals surface area contributed by atoms with Crippen LogP contribution >= 0.6 is 11.6 Å². The molecule has 0 aromatic carbocycles. The molecule has 0 saturated heterocycles. The van der Waals surface area contributed by atoms with Crippen LogP contribution in [0.5, 0.6) is 0 Å². The summed E-state index contributed by atoms with van der Waals surface area (Å²) < 4.78 is 1.66.